The molecule has 1 atom stereocenters. The van der Waals surface area contributed by atoms with Gasteiger partial charge in [0.15, 0.2) is 0 Å². The van der Waals surface area contributed by atoms with Gasteiger partial charge in [0.05, 0.1) is 12.8 Å². The molecule has 1 heterocycles. The lowest BCUT2D eigenvalue weighted by Gasteiger charge is -2.04. The Hall–Kier alpha value is -2.40. The van der Waals surface area contributed by atoms with Gasteiger partial charge >= 0.3 is 5.97 Å². The van der Waals surface area contributed by atoms with Gasteiger partial charge in [0, 0.05) is 10.9 Å². The fourth-order valence-corrected chi connectivity index (χ4v) is 2.62. The summed E-state index contributed by atoms with van der Waals surface area (Å²) in [5, 5.41) is 3.98. The predicted octanol–water partition coefficient (Wildman–Crippen LogP) is 4.29. The van der Waals surface area contributed by atoms with Crippen LogP contribution in [0.15, 0.2) is 58.2 Å². The first-order valence-corrected chi connectivity index (χ1v) is 8.29. The molecule has 0 N–H and O–H groups in total. The van der Waals surface area contributed by atoms with Gasteiger partial charge in [-0.25, -0.2) is 4.79 Å². The predicted molar refractivity (Wildman–Crippen MR) is 97.6 cm³/mol. The summed E-state index contributed by atoms with van der Waals surface area (Å²) in [6, 6.07) is 16.1. The minimum absolute atomic E-state index is 0.400. The van der Waals surface area contributed by atoms with E-state index in [1.807, 2.05) is 48.5 Å². The molecule has 0 aromatic heterocycles. The van der Waals surface area contributed by atoms with Crippen LogP contribution in [0.25, 0.3) is 12.2 Å². The Kier molecular flexibility index (Phi) is 5.11. The van der Waals surface area contributed by atoms with E-state index >= 15 is 0 Å². The van der Waals surface area contributed by atoms with Crippen LogP contribution in [0, 0.1) is 0 Å². The number of oxime groups is 1. The average molecular weight is 386 g/mol. The maximum absolute atomic E-state index is 11.5. The van der Waals surface area contributed by atoms with Gasteiger partial charge in [-0.05, 0) is 28.8 Å². The highest BCUT2D eigenvalue weighted by molar-refractivity contribution is 9.10. The SMILES string of the molecule is COC(=O)C1CC(c2ccc(/C=C/c3ccc(Br)cc3)cc2)=NO1. The molecule has 3 rings (SSSR count). The van der Waals surface area contributed by atoms with Gasteiger partial charge in [0.2, 0.25) is 6.10 Å². The van der Waals surface area contributed by atoms with Gasteiger partial charge in [-0.2, -0.15) is 0 Å². The summed E-state index contributed by atoms with van der Waals surface area (Å²) in [7, 11) is 1.34. The standard InChI is InChI=1S/C19H16BrNO3/c1-23-19(22)18-12-17(21-24-18)15-8-4-13(5-9-15)2-3-14-6-10-16(20)11-7-14/h2-11,18H,12H2,1H3/b3-2+. The summed E-state index contributed by atoms with van der Waals surface area (Å²) in [5.41, 5.74) is 3.93. The zero-order valence-electron chi connectivity index (χ0n) is 13.1. The van der Waals surface area contributed by atoms with Crippen molar-refractivity contribution in [1.82, 2.24) is 0 Å². The fourth-order valence-electron chi connectivity index (χ4n) is 2.36. The van der Waals surface area contributed by atoms with Crippen molar-refractivity contribution in [3.63, 3.8) is 0 Å². The zero-order chi connectivity index (χ0) is 16.9. The molecule has 1 aliphatic rings. The first kappa shape index (κ1) is 16.5. The molecule has 0 bridgehead atoms. The van der Waals surface area contributed by atoms with Crippen LogP contribution in [0.5, 0.6) is 0 Å². The Balaban J connectivity index is 1.66. The molecule has 0 aliphatic carbocycles. The van der Waals surface area contributed by atoms with Crippen molar-refractivity contribution in [3.05, 3.63) is 69.7 Å². The number of esters is 1. The average Bonchev–Trinajstić information content (AvgIpc) is 3.11. The van der Waals surface area contributed by atoms with Crippen LogP contribution in [0.4, 0.5) is 0 Å². The molecule has 0 amide bonds. The molecule has 0 fully saturated rings. The summed E-state index contributed by atoms with van der Waals surface area (Å²) in [6.07, 6.45) is 3.91. The van der Waals surface area contributed by atoms with Crippen molar-refractivity contribution in [1.29, 1.82) is 0 Å². The summed E-state index contributed by atoms with van der Waals surface area (Å²) in [5.74, 6) is -0.400. The van der Waals surface area contributed by atoms with Gasteiger partial charge in [-0.1, -0.05) is 69.6 Å². The van der Waals surface area contributed by atoms with Crippen LogP contribution in [-0.2, 0) is 14.4 Å². The monoisotopic (exact) mass is 385 g/mol. The van der Waals surface area contributed by atoms with Crippen LogP contribution in [-0.4, -0.2) is 24.9 Å². The van der Waals surface area contributed by atoms with Crippen LogP contribution in [0.1, 0.15) is 23.1 Å². The molecule has 5 heteroatoms. The van der Waals surface area contributed by atoms with E-state index in [4.69, 9.17) is 4.84 Å². The number of hydrogen-bond donors (Lipinski definition) is 0. The normalized spacial score (nSPS) is 16.8. The van der Waals surface area contributed by atoms with Crippen LogP contribution in [0.3, 0.4) is 0 Å². The molecule has 2 aromatic rings. The molecular weight excluding hydrogens is 370 g/mol. The van der Waals surface area contributed by atoms with Crippen molar-refractivity contribution in [2.75, 3.05) is 7.11 Å². The van der Waals surface area contributed by atoms with Crippen molar-refractivity contribution in [3.8, 4) is 0 Å². The Labute approximate surface area is 148 Å². The van der Waals surface area contributed by atoms with E-state index in [0.717, 1.165) is 26.9 Å². The lowest BCUT2D eigenvalue weighted by molar-refractivity contribution is -0.152. The second-order valence-corrected chi connectivity index (χ2v) is 6.28. The number of methoxy groups -OCH3 is 1. The molecule has 0 spiro atoms. The van der Waals surface area contributed by atoms with E-state index in [1.165, 1.54) is 7.11 Å². The topological polar surface area (TPSA) is 47.9 Å². The zero-order valence-corrected chi connectivity index (χ0v) is 14.7. The molecular formula is C19H16BrNO3. The van der Waals surface area contributed by atoms with E-state index in [-0.39, 0.29) is 0 Å². The quantitative estimate of drug-likeness (QED) is 0.582. The second kappa shape index (κ2) is 7.45. The Bertz CT molecular complexity index is 779. The molecule has 1 aliphatic heterocycles. The molecule has 4 nitrogen and oxygen atoms in total. The lowest BCUT2D eigenvalue weighted by atomic mass is 10.0. The van der Waals surface area contributed by atoms with Crippen LogP contribution < -0.4 is 0 Å². The molecule has 2 aromatic carbocycles. The number of carbonyl (C=O) groups is 1. The minimum Gasteiger partial charge on any atom is -0.466 e. The van der Waals surface area contributed by atoms with Crippen LogP contribution in [0.2, 0.25) is 0 Å². The number of carbonyl (C=O) groups excluding carboxylic acids is 1. The smallest absolute Gasteiger partial charge is 0.350 e. The summed E-state index contributed by atoms with van der Waals surface area (Å²) in [6.45, 7) is 0. The van der Waals surface area contributed by atoms with E-state index in [2.05, 4.69) is 38.0 Å². The van der Waals surface area contributed by atoms with E-state index < -0.39 is 12.1 Å². The van der Waals surface area contributed by atoms with Gasteiger partial charge < -0.3 is 9.57 Å². The van der Waals surface area contributed by atoms with Crippen molar-refractivity contribution in [2.45, 2.75) is 12.5 Å². The minimum atomic E-state index is -0.637. The Morgan fingerprint density at radius 2 is 1.71 bits per heavy atom. The highest BCUT2D eigenvalue weighted by Crippen LogP contribution is 2.19. The maximum Gasteiger partial charge on any atom is 0.350 e. The molecule has 24 heavy (non-hydrogen) atoms. The Morgan fingerprint density at radius 3 is 2.29 bits per heavy atom. The van der Waals surface area contributed by atoms with Crippen LogP contribution >= 0.6 is 15.9 Å². The van der Waals surface area contributed by atoms with Gasteiger partial charge in [0.1, 0.15) is 0 Å². The first-order valence-electron chi connectivity index (χ1n) is 7.50. The molecule has 1 unspecified atom stereocenters. The van der Waals surface area contributed by atoms with Crippen molar-refractivity contribution < 1.29 is 14.4 Å². The Morgan fingerprint density at radius 1 is 1.12 bits per heavy atom. The number of rotatable bonds is 4. The second-order valence-electron chi connectivity index (χ2n) is 5.37. The number of nitrogens with zero attached hydrogens (tertiary/aromatic N) is 1. The van der Waals surface area contributed by atoms with Gasteiger partial charge in [0.25, 0.3) is 0 Å². The summed E-state index contributed by atoms with van der Waals surface area (Å²) < 4.78 is 5.73. The fraction of sp³-hybridized carbons (Fsp3) is 0.158. The largest absolute Gasteiger partial charge is 0.466 e. The maximum atomic E-state index is 11.5. The number of benzene rings is 2. The van der Waals surface area contributed by atoms with E-state index in [1.54, 1.807) is 0 Å². The third kappa shape index (κ3) is 3.92. The lowest BCUT2D eigenvalue weighted by Crippen LogP contribution is -2.22. The number of ether oxygens (including phenoxy) is 1. The third-order valence-corrected chi connectivity index (χ3v) is 4.24. The van der Waals surface area contributed by atoms with Crippen molar-refractivity contribution in [2.24, 2.45) is 5.16 Å². The van der Waals surface area contributed by atoms with Crippen molar-refractivity contribution >= 4 is 39.8 Å². The number of hydrogen-bond acceptors (Lipinski definition) is 4. The van der Waals surface area contributed by atoms with Gasteiger partial charge in [-0.3, -0.25) is 0 Å². The molecule has 0 saturated heterocycles. The van der Waals surface area contributed by atoms with E-state index in [9.17, 15) is 4.79 Å². The highest BCUT2D eigenvalue weighted by atomic mass is 79.9. The summed E-state index contributed by atoms with van der Waals surface area (Å²) in [4.78, 5) is 16.6. The molecule has 122 valence electrons. The first-order chi connectivity index (χ1) is 11.7. The third-order valence-electron chi connectivity index (χ3n) is 3.72. The number of halogens is 1. The van der Waals surface area contributed by atoms with Gasteiger partial charge in [-0.15, -0.1) is 0 Å². The molecule has 0 radical (unpaired) electrons. The summed E-state index contributed by atoms with van der Waals surface area (Å²) >= 11 is 3.42. The highest BCUT2D eigenvalue weighted by Gasteiger charge is 2.29. The van der Waals surface area contributed by atoms with E-state index in [0.29, 0.717) is 6.42 Å². The molecule has 0 saturated carbocycles.